The molecule has 1 aromatic carbocycles. The van der Waals surface area contributed by atoms with Gasteiger partial charge in [0.2, 0.25) is 0 Å². The third-order valence-corrected chi connectivity index (χ3v) is 23.5. The largest absolute Gasteiger partial charge is 0.417 e. The molecular formula is C44H67NO4Si2. The summed E-state index contributed by atoms with van der Waals surface area (Å²) in [7, 11) is -3.82. The summed E-state index contributed by atoms with van der Waals surface area (Å²) in [5.74, 6) is 7.66. The van der Waals surface area contributed by atoms with Crippen LogP contribution in [0, 0.1) is 34.5 Å². The van der Waals surface area contributed by atoms with E-state index >= 15 is 0 Å². The fourth-order valence-corrected chi connectivity index (χ4v) is 11.8. The predicted octanol–water partition coefficient (Wildman–Crippen LogP) is 10.3. The molecule has 2 spiro atoms. The molecule has 0 aromatic heterocycles. The zero-order chi connectivity index (χ0) is 37.5. The van der Waals surface area contributed by atoms with Gasteiger partial charge in [-0.1, -0.05) is 97.1 Å². The minimum Gasteiger partial charge on any atom is -0.417 e. The Hall–Kier alpha value is -1.77. The minimum absolute atomic E-state index is 0.0229. The summed E-state index contributed by atoms with van der Waals surface area (Å²) >= 11 is 0. The molecular weight excluding hydrogens is 663 g/mol. The van der Waals surface area contributed by atoms with Gasteiger partial charge >= 0.3 is 0 Å². The van der Waals surface area contributed by atoms with Crippen molar-refractivity contribution in [1.82, 2.24) is 5.32 Å². The summed E-state index contributed by atoms with van der Waals surface area (Å²) in [5.41, 5.74) is 5.69. The van der Waals surface area contributed by atoms with Crippen molar-refractivity contribution in [2.75, 3.05) is 19.8 Å². The van der Waals surface area contributed by atoms with E-state index < -0.39 is 22.4 Å². The minimum atomic E-state index is -1.97. The monoisotopic (exact) mass is 729 g/mol. The molecule has 5 aliphatic rings. The van der Waals surface area contributed by atoms with Gasteiger partial charge in [0.05, 0.1) is 6.61 Å². The SMILES string of the molecule is C/C(C#CC1=CC(CNCc2ccccc2)=C2[C@@H]3OC(C)(C)O[C@@]34CCC[C@@H]3[C@H](CO[Si](C)(C)C(C)(C)C)[C@@]1(C)[C@@]234)=C/CO[Si](C)(C)C(C)(C)C. The zero-order valence-electron chi connectivity index (χ0n) is 34.4. The molecule has 51 heavy (non-hydrogen) atoms. The van der Waals surface area contributed by atoms with Gasteiger partial charge in [-0.3, -0.25) is 0 Å². The van der Waals surface area contributed by atoms with Crippen LogP contribution in [0.3, 0.4) is 0 Å². The molecule has 0 bridgehead atoms. The van der Waals surface area contributed by atoms with Gasteiger partial charge < -0.3 is 23.6 Å². The van der Waals surface area contributed by atoms with E-state index in [9.17, 15) is 0 Å². The highest BCUT2D eigenvalue weighted by atomic mass is 28.4. The van der Waals surface area contributed by atoms with Crippen molar-refractivity contribution in [2.45, 2.75) is 149 Å². The Morgan fingerprint density at radius 2 is 1.61 bits per heavy atom. The fourth-order valence-electron chi connectivity index (χ4n) is 9.82. The van der Waals surface area contributed by atoms with Gasteiger partial charge in [-0.15, -0.1) is 0 Å². The first-order valence-corrected chi connectivity index (χ1v) is 25.4. The number of rotatable bonds is 10. The number of nitrogens with one attached hydrogen (secondary N) is 1. The van der Waals surface area contributed by atoms with E-state index in [0.29, 0.717) is 18.4 Å². The van der Waals surface area contributed by atoms with E-state index in [1.807, 2.05) is 0 Å². The van der Waals surface area contributed by atoms with Crippen LogP contribution in [0.1, 0.15) is 94.1 Å². The molecule has 0 amide bonds. The molecule has 1 heterocycles. The highest BCUT2D eigenvalue weighted by Crippen LogP contribution is 2.87. The Morgan fingerprint density at radius 1 is 0.961 bits per heavy atom. The maximum Gasteiger partial charge on any atom is 0.192 e. The number of benzene rings is 1. The highest BCUT2D eigenvalue weighted by Gasteiger charge is 2.91. The molecule has 1 saturated heterocycles. The summed E-state index contributed by atoms with van der Waals surface area (Å²) < 4.78 is 27.7. The molecule has 1 aliphatic heterocycles. The Labute approximate surface area is 312 Å². The quantitative estimate of drug-likeness (QED) is 0.192. The average molecular weight is 730 g/mol. The van der Waals surface area contributed by atoms with Crippen LogP contribution < -0.4 is 5.32 Å². The number of ether oxygens (including phenoxy) is 2. The molecule has 0 unspecified atom stereocenters. The lowest BCUT2D eigenvalue weighted by atomic mass is 9.21. The van der Waals surface area contributed by atoms with E-state index in [0.717, 1.165) is 38.1 Å². The van der Waals surface area contributed by atoms with Crippen molar-refractivity contribution in [3.8, 4) is 11.8 Å². The Kier molecular flexibility index (Phi) is 9.87. The van der Waals surface area contributed by atoms with Crippen molar-refractivity contribution in [2.24, 2.45) is 22.7 Å². The first-order valence-electron chi connectivity index (χ1n) is 19.6. The maximum absolute atomic E-state index is 7.21. The molecule has 1 N–H and O–H groups in total. The molecule has 3 saturated carbocycles. The lowest BCUT2D eigenvalue weighted by Crippen LogP contribution is -2.86. The Bertz CT molecular complexity index is 1670. The third kappa shape index (κ3) is 6.08. The van der Waals surface area contributed by atoms with E-state index in [2.05, 4.69) is 155 Å². The molecule has 4 fully saturated rings. The van der Waals surface area contributed by atoms with Crippen LogP contribution in [0.5, 0.6) is 0 Å². The summed E-state index contributed by atoms with van der Waals surface area (Å²) in [6.07, 6.45) is 7.98. The van der Waals surface area contributed by atoms with E-state index in [1.54, 1.807) is 0 Å². The Balaban J connectivity index is 1.41. The molecule has 0 radical (unpaired) electrons. The second-order valence-electron chi connectivity index (χ2n) is 19.9. The van der Waals surface area contributed by atoms with Crippen molar-refractivity contribution in [3.63, 3.8) is 0 Å². The highest BCUT2D eigenvalue weighted by molar-refractivity contribution is 6.74. The van der Waals surface area contributed by atoms with Gasteiger partial charge in [0.15, 0.2) is 22.4 Å². The van der Waals surface area contributed by atoms with Gasteiger partial charge in [-0.2, -0.15) is 0 Å². The van der Waals surface area contributed by atoms with Crippen LogP contribution in [-0.2, 0) is 24.9 Å². The van der Waals surface area contributed by atoms with Crippen molar-refractivity contribution in [1.29, 1.82) is 0 Å². The van der Waals surface area contributed by atoms with Crippen molar-refractivity contribution < 1.29 is 18.3 Å². The van der Waals surface area contributed by atoms with Crippen LogP contribution in [0.4, 0.5) is 0 Å². The summed E-state index contributed by atoms with van der Waals surface area (Å²) in [5, 5.41) is 4.14. The predicted molar refractivity (Wildman–Crippen MR) is 215 cm³/mol. The summed E-state index contributed by atoms with van der Waals surface area (Å²) in [6.45, 7) is 35.2. The smallest absolute Gasteiger partial charge is 0.192 e. The third-order valence-electron chi connectivity index (χ3n) is 14.4. The van der Waals surface area contributed by atoms with Crippen molar-refractivity contribution in [3.05, 3.63) is 70.3 Å². The lowest BCUT2D eigenvalue weighted by molar-refractivity contribution is -0.332. The Morgan fingerprint density at radius 3 is 2.25 bits per heavy atom. The van der Waals surface area contributed by atoms with Crippen molar-refractivity contribution >= 4 is 16.6 Å². The van der Waals surface area contributed by atoms with Crippen LogP contribution >= 0.6 is 0 Å². The van der Waals surface area contributed by atoms with E-state index in [4.69, 9.17) is 18.3 Å². The van der Waals surface area contributed by atoms with Gasteiger partial charge in [-0.25, -0.2) is 0 Å². The number of fused-ring (bicyclic) bond motifs is 1. The first-order chi connectivity index (χ1) is 23.5. The van der Waals surface area contributed by atoms with Crippen LogP contribution in [-0.4, -0.2) is 53.9 Å². The molecule has 7 heteroatoms. The van der Waals surface area contributed by atoms with Crippen LogP contribution in [0.2, 0.25) is 36.3 Å². The molecule has 1 aromatic rings. The second kappa shape index (κ2) is 12.9. The van der Waals surface area contributed by atoms with Gasteiger partial charge in [0.25, 0.3) is 0 Å². The average Bonchev–Trinajstić information content (AvgIpc) is 3.22. The van der Waals surface area contributed by atoms with Crippen LogP contribution in [0.15, 0.2) is 64.8 Å². The summed E-state index contributed by atoms with van der Waals surface area (Å²) in [6, 6.07) is 10.7. The molecule has 5 nitrogen and oxygen atoms in total. The van der Waals surface area contributed by atoms with Gasteiger partial charge in [0, 0.05) is 36.1 Å². The standard InChI is InChI=1S/C44H67NO4Si2/c1-31(24-26-46-50(11,12)39(2,3)4)22-23-34-27-33(29-45-28-32-19-16-15-17-20-32)37-38-43(49-41(8,9)48-38)25-18-21-35-36(42(34,10)44(35,37)43)30-47-51(13,14)40(5,6)7/h15-17,19-20,24,27,35-36,38,45H,18,21,25-26,28-30H2,1-14H3/b31-24-/t35-,36+,38+,42+,43+,44+/m1/s1. The van der Waals surface area contributed by atoms with Gasteiger partial charge in [-0.05, 0) is 116 Å². The normalized spacial score (nSPS) is 32.9. The van der Waals surface area contributed by atoms with E-state index in [1.165, 1.54) is 28.7 Å². The summed E-state index contributed by atoms with van der Waals surface area (Å²) in [4.78, 5) is 0. The van der Waals surface area contributed by atoms with Crippen LogP contribution in [0.25, 0.3) is 0 Å². The number of hydrogen-bond donors (Lipinski definition) is 1. The fraction of sp³-hybridized carbons (Fsp3) is 0.682. The molecule has 280 valence electrons. The first kappa shape index (κ1) is 38.9. The maximum atomic E-state index is 7.21. The second-order valence-corrected chi connectivity index (χ2v) is 29.5. The number of allylic oxidation sites excluding steroid dienone is 2. The topological polar surface area (TPSA) is 49.0 Å². The lowest BCUT2D eigenvalue weighted by Gasteiger charge is -2.83. The number of hydrogen-bond acceptors (Lipinski definition) is 5. The molecule has 6 rings (SSSR count). The van der Waals surface area contributed by atoms with E-state index in [-0.39, 0.29) is 32.6 Å². The van der Waals surface area contributed by atoms with Gasteiger partial charge in [0.1, 0.15) is 11.7 Å². The zero-order valence-corrected chi connectivity index (χ0v) is 36.4. The molecule has 6 atom stereocenters. The molecule has 4 aliphatic carbocycles.